The molecular formula is C16H16FN3O3. The van der Waals surface area contributed by atoms with E-state index < -0.39 is 6.09 Å². The lowest BCUT2D eigenvalue weighted by molar-refractivity contribution is 0.0946. The van der Waals surface area contributed by atoms with Crippen LogP contribution in [0.25, 0.3) is 11.3 Å². The average molecular weight is 317 g/mol. The van der Waals surface area contributed by atoms with Crippen molar-refractivity contribution in [2.75, 3.05) is 20.1 Å². The Morgan fingerprint density at radius 1 is 1.30 bits per heavy atom. The molecule has 2 aromatic rings. The molecule has 2 rings (SSSR count). The molecule has 0 aliphatic heterocycles. The van der Waals surface area contributed by atoms with Gasteiger partial charge in [-0.1, -0.05) is 12.1 Å². The van der Waals surface area contributed by atoms with E-state index in [1.165, 1.54) is 25.4 Å². The number of hydrogen-bond acceptors (Lipinski definition) is 3. The summed E-state index contributed by atoms with van der Waals surface area (Å²) in [6.45, 7) is 0.392. The van der Waals surface area contributed by atoms with E-state index in [9.17, 15) is 14.0 Å². The monoisotopic (exact) mass is 317 g/mol. The molecule has 0 unspecified atom stereocenters. The Morgan fingerprint density at radius 2 is 2.09 bits per heavy atom. The van der Waals surface area contributed by atoms with Crippen molar-refractivity contribution in [1.29, 1.82) is 0 Å². The number of pyridine rings is 1. The Bertz CT molecular complexity index is 704. The molecular weight excluding hydrogens is 301 g/mol. The topological polar surface area (TPSA) is 82.5 Å². The molecule has 0 aliphatic carbocycles. The van der Waals surface area contributed by atoms with Crippen LogP contribution in [0, 0.1) is 5.82 Å². The molecule has 0 atom stereocenters. The summed E-state index contributed by atoms with van der Waals surface area (Å²) >= 11 is 0. The first-order valence-electron chi connectivity index (χ1n) is 6.91. The van der Waals surface area contributed by atoms with Crippen LogP contribution >= 0.6 is 0 Å². The molecule has 0 saturated carbocycles. The van der Waals surface area contributed by atoms with Gasteiger partial charge < -0.3 is 15.3 Å². The Morgan fingerprint density at radius 3 is 2.70 bits per heavy atom. The third-order valence-electron chi connectivity index (χ3n) is 3.21. The van der Waals surface area contributed by atoms with E-state index in [2.05, 4.69) is 10.3 Å². The molecule has 0 radical (unpaired) electrons. The van der Waals surface area contributed by atoms with Gasteiger partial charge >= 0.3 is 6.09 Å². The van der Waals surface area contributed by atoms with Crippen LogP contribution in [0.1, 0.15) is 10.4 Å². The van der Waals surface area contributed by atoms with Gasteiger partial charge in [0.05, 0.1) is 11.3 Å². The number of nitrogens with zero attached hydrogens (tertiary/aromatic N) is 2. The predicted octanol–water partition coefficient (Wildman–Crippen LogP) is 2.23. The molecule has 120 valence electrons. The Balaban J connectivity index is 1.96. The lowest BCUT2D eigenvalue weighted by atomic mass is 10.1. The van der Waals surface area contributed by atoms with Gasteiger partial charge in [0.15, 0.2) is 0 Å². The van der Waals surface area contributed by atoms with Gasteiger partial charge in [0, 0.05) is 31.9 Å². The highest BCUT2D eigenvalue weighted by atomic mass is 19.1. The van der Waals surface area contributed by atoms with E-state index in [-0.39, 0.29) is 24.8 Å². The first-order valence-corrected chi connectivity index (χ1v) is 6.91. The molecule has 0 aliphatic rings. The van der Waals surface area contributed by atoms with E-state index in [1.54, 1.807) is 24.3 Å². The average Bonchev–Trinajstić information content (AvgIpc) is 2.54. The van der Waals surface area contributed by atoms with Crippen molar-refractivity contribution in [3.8, 4) is 11.3 Å². The molecule has 2 N–H and O–H groups in total. The predicted molar refractivity (Wildman–Crippen MR) is 82.6 cm³/mol. The maximum absolute atomic E-state index is 13.2. The summed E-state index contributed by atoms with van der Waals surface area (Å²) in [7, 11) is 1.42. The highest BCUT2D eigenvalue weighted by Crippen LogP contribution is 2.17. The zero-order valence-corrected chi connectivity index (χ0v) is 12.5. The molecule has 0 spiro atoms. The molecule has 0 fully saturated rings. The van der Waals surface area contributed by atoms with Gasteiger partial charge in [-0.15, -0.1) is 0 Å². The number of rotatable bonds is 5. The number of hydrogen-bond donors (Lipinski definition) is 2. The highest BCUT2D eigenvalue weighted by Gasteiger charge is 2.09. The van der Waals surface area contributed by atoms with Crippen molar-refractivity contribution in [2.45, 2.75) is 0 Å². The molecule has 1 aromatic carbocycles. The number of aromatic nitrogens is 1. The third kappa shape index (κ3) is 4.50. The van der Waals surface area contributed by atoms with Crippen LogP contribution in [0.4, 0.5) is 9.18 Å². The Labute approximate surface area is 132 Å². The zero-order valence-electron chi connectivity index (χ0n) is 12.5. The largest absolute Gasteiger partial charge is 0.465 e. The van der Waals surface area contributed by atoms with Crippen molar-refractivity contribution < 1.29 is 19.1 Å². The summed E-state index contributed by atoms with van der Waals surface area (Å²) in [6, 6.07) is 9.25. The fourth-order valence-corrected chi connectivity index (χ4v) is 1.88. The van der Waals surface area contributed by atoms with E-state index in [0.717, 1.165) is 4.90 Å². The Kier molecular flexibility index (Phi) is 5.24. The first kappa shape index (κ1) is 16.4. The van der Waals surface area contributed by atoms with Gasteiger partial charge in [-0.25, -0.2) is 9.18 Å². The van der Waals surface area contributed by atoms with Crippen LogP contribution in [-0.4, -0.2) is 47.1 Å². The Hall–Kier alpha value is -2.96. The van der Waals surface area contributed by atoms with Crippen molar-refractivity contribution >= 4 is 12.0 Å². The summed E-state index contributed by atoms with van der Waals surface area (Å²) in [5.74, 6) is -0.698. The van der Waals surface area contributed by atoms with Crippen LogP contribution < -0.4 is 5.32 Å². The van der Waals surface area contributed by atoms with Crippen molar-refractivity contribution in [3.63, 3.8) is 0 Å². The van der Waals surface area contributed by atoms with Gasteiger partial charge in [0.25, 0.3) is 5.91 Å². The lowest BCUT2D eigenvalue weighted by Gasteiger charge is -2.13. The minimum Gasteiger partial charge on any atom is -0.465 e. The summed E-state index contributed by atoms with van der Waals surface area (Å²) < 4.78 is 13.2. The van der Waals surface area contributed by atoms with Gasteiger partial charge in [0.2, 0.25) is 0 Å². The number of carboxylic acid groups (broad SMARTS) is 1. The van der Waals surface area contributed by atoms with Gasteiger partial charge in [0.1, 0.15) is 5.82 Å². The number of halogens is 1. The van der Waals surface area contributed by atoms with Crippen LogP contribution in [0.2, 0.25) is 0 Å². The van der Waals surface area contributed by atoms with Crippen molar-refractivity contribution in [2.24, 2.45) is 0 Å². The maximum atomic E-state index is 13.2. The van der Waals surface area contributed by atoms with E-state index in [0.29, 0.717) is 16.8 Å². The summed E-state index contributed by atoms with van der Waals surface area (Å²) in [5, 5.41) is 11.3. The molecule has 6 nitrogen and oxygen atoms in total. The number of nitrogens with one attached hydrogen (secondary N) is 1. The van der Waals surface area contributed by atoms with Gasteiger partial charge in [-0.05, 0) is 24.3 Å². The molecule has 0 bridgehead atoms. The minimum absolute atomic E-state index is 0.190. The molecule has 23 heavy (non-hydrogen) atoms. The quantitative estimate of drug-likeness (QED) is 0.886. The van der Waals surface area contributed by atoms with E-state index in [4.69, 9.17) is 5.11 Å². The smallest absolute Gasteiger partial charge is 0.407 e. The number of likely N-dealkylation sites (N-methyl/N-ethyl adjacent to an activating group) is 1. The summed E-state index contributed by atoms with van der Waals surface area (Å²) in [5.41, 5.74) is 1.54. The first-order chi connectivity index (χ1) is 11.0. The summed E-state index contributed by atoms with van der Waals surface area (Å²) in [4.78, 5) is 27.8. The minimum atomic E-state index is -1.06. The summed E-state index contributed by atoms with van der Waals surface area (Å²) in [6.07, 6.45) is 0.344. The fraction of sp³-hybridized carbons (Fsp3) is 0.188. The van der Waals surface area contributed by atoms with Gasteiger partial charge in [-0.2, -0.15) is 0 Å². The molecule has 1 aromatic heterocycles. The second-order valence-corrected chi connectivity index (χ2v) is 4.90. The molecule has 1 heterocycles. The highest BCUT2D eigenvalue weighted by molar-refractivity contribution is 5.94. The van der Waals surface area contributed by atoms with E-state index >= 15 is 0 Å². The lowest BCUT2D eigenvalue weighted by Crippen LogP contribution is -2.35. The molecule has 7 heteroatoms. The zero-order chi connectivity index (χ0) is 16.8. The normalized spacial score (nSPS) is 10.2. The van der Waals surface area contributed by atoms with E-state index in [1.807, 2.05) is 0 Å². The number of amides is 2. The SMILES string of the molecule is CN(CCNC(=O)c1ccc(-c2cccc(F)c2)nc1)C(=O)O. The van der Waals surface area contributed by atoms with Crippen LogP contribution in [0.5, 0.6) is 0 Å². The maximum Gasteiger partial charge on any atom is 0.407 e. The second kappa shape index (κ2) is 7.35. The fourth-order valence-electron chi connectivity index (χ4n) is 1.88. The third-order valence-corrected chi connectivity index (χ3v) is 3.21. The molecule has 2 amide bonds. The van der Waals surface area contributed by atoms with Crippen LogP contribution in [0.3, 0.4) is 0 Å². The molecule has 0 saturated heterocycles. The number of benzene rings is 1. The van der Waals surface area contributed by atoms with Crippen LogP contribution in [-0.2, 0) is 0 Å². The van der Waals surface area contributed by atoms with Crippen molar-refractivity contribution in [1.82, 2.24) is 15.2 Å². The second-order valence-electron chi connectivity index (χ2n) is 4.90. The van der Waals surface area contributed by atoms with Crippen LogP contribution in [0.15, 0.2) is 42.6 Å². The van der Waals surface area contributed by atoms with Crippen molar-refractivity contribution in [3.05, 3.63) is 54.0 Å². The standard InChI is InChI=1S/C16H16FN3O3/c1-20(16(22)23)8-7-18-15(21)12-5-6-14(19-10-12)11-3-2-4-13(17)9-11/h2-6,9-10H,7-8H2,1H3,(H,18,21)(H,22,23). The number of carbonyl (C=O) groups excluding carboxylic acids is 1. The number of carbonyl (C=O) groups is 2. The van der Waals surface area contributed by atoms with Gasteiger partial charge in [-0.3, -0.25) is 9.78 Å².